The van der Waals surface area contributed by atoms with E-state index in [1.807, 2.05) is 13.8 Å². The van der Waals surface area contributed by atoms with Crippen LogP contribution in [0.2, 0.25) is 0 Å². The first kappa shape index (κ1) is 10.1. The summed E-state index contributed by atoms with van der Waals surface area (Å²) in [6.45, 7) is 4.46. The Hall–Kier alpha value is 0.0700. The van der Waals surface area contributed by atoms with Gasteiger partial charge in [0, 0.05) is 18.3 Å². The Morgan fingerprint density at radius 3 is 2.50 bits per heavy atom. The van der Waals surface area contributed by atoms with Crippen LogP contribution < -0.4 is 10.5 Å². The van der Waals surface area contributed by atoms with Crippen LogP contribution in [0.15, 0.2) is 0 Å². The Balaban J connectivity index is 3.52. The fourth-order valence-electron chi connectivity index (χ4n) is 0.567. The molecule has 0 spiro atoms. The van der Waals surface area contributed by atoms with Crippen LogP contribution in [0.5, 0.6) is 0 Å². The molecule has 4 heteroatoms. The van der Waals surface area contributed by atoms with E-state index in [9.17, 15) is 4.21 Å². The summed E-state index contributed by atoms with van der Waals surface area (Å²) < 4.78 is 13.8. The van der Waals surface area contributed by atoms with E-state index >= 15 is 0 Å². The molecule has 3 N–H and O–H groups in total. The number of hydrogen-bond acceptors (Lipinski definition) is 2. The Labute approximate surface area is 65.0 Å². The zero-order valence-corrected chi connectivity index (χ0v) is 7.41. The summed E-state index contributed by atoms with van der Waals surface area (Å²) in [6, 6.07) is 0.209. The molecule has 62 valence electrons. The van der Waals surface area contributed by atoms with Crippen LogP contribution in [-0.4, -0.2) is 22.5 Å². The highest BCUT2D eigenvalue weighted by molar-refractivity contribution is 7.82. The predicted octanol–water partition coefficient (Wildman–Crippen LogP) is -0.00310. The molecule has 0 aromatic heterocycles. The fourth-order valence-corrected chi connectivity index (χ4v) is 1.37. The van der Waals surface area contributed by atoms with E-state index in [1.165, 1.54) is 0 Å². The molecular formula is C6H16N2OS. The van der Waals surface area contributed by atoms with Gasteiger partial charge in [-0.05, 0) is 6.42 Å². The minimum atomic E-state index is -0.887. The molecule has 0 saturated carbocycles. The Morgan fingerprint density at radius 1 is 1.60 bits per heavy atom. The fraction of sp³-hybridized carbons (Fsp3) is 1.00. The summed E-state index contributed by atoms with van der Waals surface area (Å²) in [5, 5.41) is 0. The zero-order valence-electron chi connectivity index (χ0n) is 6.59. The zero-order chi connectivity index (χ0) is 7.98. The molecule has 0 rings (SSSR count). The van der Waals surface area contributed by atoms with Gasteiger partial charge in [0.1, 0.15) is 0 Å². The minimum Gasteiger partial charge on any atom is -0.329 e. The first-order valence-corrected chi connectivity index (χ1v) is 4.91. The normalized spacial score (nSPS) is 16.7. The molecule has 3 nitrogen and oxygen atoms in total. The van der Waals surface area contributed by atoms with Crippen molar-refractivity contribution in [2.75, 3.05) is 12.3 Å². The van der Waals surface area contributed by atoms with Gasteiger partial charge in [0.05, 0.1) is 11.0 Å². The summed E-state index contributed by atoms with van der Waals surface area (Å²) in [5.74, 6) is 0.649. The minimum absolute atomic E-state index is 0.209. The Morgan fingerprint density at radius 2 is 2.20 bits per heavy atom. The third-order valence-corrected chi connectivity index (χ3v) is 2.46. The van der Waals surface area contributed by atoms with Crippen molar-refractivity contribution in [3.8, 4) is 0 Å². The van der Waals surface area contributed by atoms with Crippen LogP contribution in [0.1, 0.15) is 20.3 Å². The molecule has 2 unspecified atom stereocenters. The van der Waals surface area contributed by atoms with Crippen molar-refractivity contribution in [1.29, 1.82) is 0 Å². The average molecular weight is 164 g/mol. The van der Waals surface area contributed by atoms with Gasteiger partial charge in [0.25, 0.3) is 0 Å². The second-order valence-corrected chi connectivity index (χ2v) is 3.60. The van der Waals surface area contributed by atoms with Gasteiger partial charge in [0.15, 0.2) is 0 Å². The number of nitrogens with two attached hydrogens (primary N) is 1. The van der Waals surface area contributed by atoms with Gasteiger partial charge in [-0.2, -0.15) is 0 Å². The van der Waals surface area contributed by atoms with Gasteiger partial charge in [0.2, 0.25) is 0 Å². The molecule has 0 aliphatic heterocycles. The quantitative estimate of drug-likeness (QED) is 0.601. The van der Waals surface area contributed by atoms with E-state index in [0.29, 0.717) is 12.3 Å². The van der Waals surface area contributed by atoms with E-state index in [2.05, 4.69) is 4.72 Å². The Bertz CT molecular complexity index is 104. The molecule has 0 aliphatic carbocycles. The standard InChI is InChI=1S/C6H16N2OS/c1-3-6(5-7)8-10(9)4-2/h6,8H,3-5,7H2,1-2H3. The highest BCUT2D eigenvalue weighted by Gasteiger charge is 2.04. The van der Waals surface area contributed by atoms with Crippen molar-refractivity contribution in [2.24, 2.45) is 5.73 Å². The molecule has 10 heavy (non-hydrogen) atoms. The topological polar surface area (TPSA) is 55.1 Å². The van der Waals surface area contributed by atoms with Crippen LogP contribution in [0.25, 0.3) is 0 Å². The summed E-state index contributed by atoms with van der Waals surface area (Å²) in [6.07, 6.45) is 0.933. The van der Waals surface area contributed by atoms with E-state index in [4.69, 9.17) is 5.73 Å². The molecule has 0 bridgehead atoms. The maximum atomic E-state index is 10.9. The molecule has 0 saturated heterocycles. The van der Waals surface area contributed by atoms with Crippen molar-refractivity contribution >= 4 is 11.0 Å². The monoisotopic (exact) mass is 164 g/mol. The van der Waals surface area contributed by atoms with Gasteiger partial charge in [-0.3, -0.25) is 0 Å². The second kappa shape index (κ2) is 5.82. The predicted molar refractivity (Wildman–Crippen MR) is 45.0 cm³/mol. The second-order valence-electron chi connectivity index (χ2n) is 2.09. The van der Waals surface area contributed by atoms with Crippen molar-refractivity contribution in [3.63, 3.8) is 0 Å². The van der Waals surface area contributed by atoms with Gasteiger partial charge < -0.3 is 5.73 Å². The summed E-state index contributed by atoms with van der Waals surface area (Å²) in [5.41, 5.74) is 5.39. The van der Waals surface area contributed by atoms with Crippen LogP contribution in [0, 0.1) is 0 Å². The molecule has 0 amide bonds. The lowest BCUT2D eigenvalue weighted by atomic mass is 10.2. The van der Waals surface area contributed by atoms with E-state index in [-0.39, 0.29) is 6.04 Å². The van der Waals surface area contributed by atoms with Crippen LogP contribution in [-0.2, 0) is 11.0 Å². The highest BCUT2D eigenvalue weighted by Crippen LogP contribution is 1.88. The lowest BCUT2D eigenvalue weighted by molar-refractivity contribution is 0.594. The van der Waals surface area contributed by atoms with Crippen LogP contribution in [0.3, 0.4) is 0 Å². The van der Waals surface area contributed by atoms with Gasteiger partial charge in [-0.15, -0.1) is 0 Å². The maximum absolute atomic E-state index is 10.9. The van der Waals surface area contributed by atoms with Gasteiger partial charge in [-0.25, -0.2) is 8.93 Å². The molecule has 0 aromatic carbocycles. The van der Waals surface area contributed by atoms with Crippen LogP contribution >= 0.6 is 0 Å². The maximum Gasteiger partial charge on any atom is 0.0915 e. The van der Waals surface area contributed by atoms with Crippen molar-refractivity contribution in [2.45, 2.75) is 26.3 Å². The smallest absolute Gasteiger partial charge is 0.0915 e. The third kappa shape index (κ3) is 3.98. The lowest BCUT2D eigenvalue weighted by Crippen LogP contribution is -2.37. The van der Waals surface area contributed by atoms with E-state index in [0.717, 1.165) is 6.42 Å². The first-order chi connectivity index (χ1) is 4.74. The largest absolute Gasteiger partial charge is 0.329 e. The van der Waals surface area contributed by atoms with Crippen molar-refractivity contribution < 1.29 is 4.21 Å². The number of rotatable bonds is 5. The molecule has 0 fully saturated rings. The highest BCUT2D eigenvalue weighted by atomic mass is 32.2. The molecule has 0 heterocycles. The SMILES string of the molecule is CCC(CN)NS(=O)CC. The first-order valence-electron chi connectivity index (χ1n) is 3.59. The summed E-state index contributed by atoms with van der Waals surface area (Å²) >= 11 is 0. The Kier molecular flexibility index (Phi) is 5.87. The lowest BCUT2D eigenvalue weighted by Gasteiger charge is -2.12. The molecule has 0 aliphatic rings. The van der Waals surface area contributed by atoms with Crippen molar-refractivity contribution in [3.05, 3.63) is 0 Å². The molecule has 2 atom stereocenters. The number of nitrogens with one attached hydrogen (secondary N) is 1. The van der Waals surface area contributed by atoms with Crippen LogP contribution in [0.4, 0.5) is 0 Å². The van der Waals surface area contributed by atoms with Gasteiger partial charge in [-0.1, -0.05) is 13.8 Å². The van der Waals surface area contributed by atoms with E-state index in [1.54, 1.807) is 0 Å². The van der Waals surface area contributed by atoms with E-state index < -0.39 is 11.0 Å². The van der Waals surface area contributed by atoms with Gasteiger partial charge >= 0.3 is 0 Å². The van der Waals surface area contributed by atoms with Crippen molar-refractivity contribution in [1.82, 2.24) is 4.72 Å². The molecule has 0 aromatic rings. The third-order valence-electron chi connectivity index (χ3n) is 1.34. The summed E-state index contributed by atoms with van der Waals surface area (Å²) in [4.78, 5) is 0. The molecular weight excluding hydrogens is 148 g/mol. The average Bonchev–Trinajstić information content (AvgIpc) is 1.99. The number of hydrogen-bond donors (Lipinski definition) is 2. The molecule has 0 radical (unpaired) electrons. The summed E-state index contributed by atoms with van der Waals surface area (Å²) in [7, 11) is -0.887.